The highest BCUT2D eigenvalue weighted by atomic mass is 79.9. The minimum atomic E-state index is -0.159. The predicted octanol–water partition coefficient (Wildman–Crippen LogP) is 3.20. The molecule has 2 aromatic carbocycles. The third kappa shape index (κ3) is 2.43. The van der Waals surface area contributed by atoms with Crippen LogP contribution in [0.1, 0.15) is 17.2 Å². The maximum absolute atomic E-state index is 9.20. The highest BCUT2D eigenvalue weighted by Crippen LogP contribution is 2.22. The number of benzene rings is 2. The summed E-state index contributed by atoms with van der Waals surface area (Å²) >= 11 is 3.39. The van der Waals surface area contributed by atoms with Crippen LogP contribution in [0.5, 0.6) is 5.75 Å². The van der Waals surface area contributed by atoms with E-state index in [2.05, 4.69) is 15.9 Å². The van der Waals surface area contributed by atoms with Crippen molar-refractivity contribution in [3.63, 3.8) is 0 Å². The van der Waals surface area contributed by atoms with Gasteiger partial charge in [0.2, 0.25) is 0 Å². The number of aromatic hydroxyl groups is 1. The molecule has 0 saturated heterocycles. The Morgan fingerprint density at radius 2 is 1.31 bits per heavy atom. The number of hydrogen-bond donors (Lipinski definition) is 2. The van der Waals surface area contributed by atoms with Gasteiger partial charge >= 0.3 is 0 Å². The average Bonchev–Trinajstić information content (AvgIpc) is 2.30. The van der Waals surface area contributed by atoms with Crippen LogP contribution in [0, 0.1) is 0 Å². The Labute approximate surface area is 103 Å². The van der Waals surface area contributed by atoms with E-state index < -0.39 is 0 Å². The van der Waals surface area contributed by atoms with Gasteiger partial charge in [-0.15, -0.1) is 0 Å². The molecule has 0 aromatic heterocycles. The van der Waals surface area contributed by atoms with Crippen molar-refractivity contribution in [2.45, 2.75) is 6.04 Å². The standard InChI is InChI=1S/C13H12BrNO/c14-11-5-1-9(2-6-11)13(15)10-3-7-12(16)8-4-10/h1-8,13,16H,15H2/t13-/m0/s1. The topological polar surface area (TPSA) is 46.2 Å². The summed E-state index contributed by atoms with van der Waals surface area (Å²) in [5, 5.41) is 9.20. The molecule has 2 aromatic rings. The van der Waals surface area contributed by atoms with Gasteiger partial charge in [0.05, 0.1) is 6.04 Å². The fourth-order valence-electron chi connectivity index (χ4n) is 1.54. The number of rotatable bonds is 2. The monoisotopic (exact) mass is 277 g/mol. The molecule has 0 saturated carbocycles. The van der Waals surface area contributed by atoms with E-state index in [0.717, 1.165) is 15.6 Å². The van der Waals surface area contributed by atoms with Crippen LogP contribution in [-0.2, 0) is 0 Å². The van der Waals surface area contributed by atoms with Crippen molar-refractivity contribution in [3.05, 3.63) is 64.1 Å². The Balaban J connectivity index is 2.28. The van der Waals surface area contributed by atoms with Crippen LogP contribution >= 0.6 is 15.9 Å². The molecule has 82 valence electrons. The number of phenolic OH excluding ortho intramolecular Hbond substituents is 1. The Kier molecular flexibility index (Phi) is 3.27. The van der Waals surface area contributed by atoms with Gasteiger partial charge in [-0.2, -0.15) is 0 Å². The Morgan fingerprint density at radius 1 is 0.875 bits per heavy atom. The van der Waals surface area contributed by atoms with E-state index in [9.17, 15) is 5.11 Å². The Morgan fingerprint density at radius 3 is 1.81 bits per heavy atom. The van der Waals surface area contributed by atoms with Gasteiger partial charge in [0.25, 0.3) is 0 Å². The van der Waals surface area contributed by atoms with Crippen LogP contribution in [0.25, 0.3) is 0 Å². The first-order valence-electron chi connectivity index (χ1n) is 4.97. The molecular formula is C13H12BrNO. The van der Waals surface area contributed by atoms with Gasteiger partial charge in [-0.3, -0.25) is 0 Å². The summed E-state index contributed by atoms with van der Waals surface area (Å²) in [5.41, 5.74) is 8.16. The summed E-state index contributed by atoms with van der Waals surface area (Å²) in [5.74, 6) is 0.256. The lowest BCUT2D eigenvalue weighted by Crippen LogP contribution is -2.11. The maximum atomic E-state index is 9.20. The molecule has 0 aliphatic carbocycles. The minimum Gasteiger partial charge on any atom is -0.508 e. The van der Waals surface area contributed by atoms with Gasteiger partial charge < -0.3 is 10.8 Å². The fraction of sp³-hybridized carbons (Fsp3) is 0.0769. The zero-order valence-electron chi connectivity index (χ0n) is 8.60. The second-order valence-electron chi connectivity index (χ2n) is 3.62. The van der Waals surface area contributed by atoms with E-state index in [-0.39, 0.29) is 11.8 Å². The van der Waals surface area contributed by atoms with Gasteiger partial charge in [-0.1, -0.05) is 40.2 Å². The molecule has 2 rings (SSSR count). The highest BCUT2D eigenvalue weighted by molar-refractivity contribution is 9.10. The fourth-order valence-corrected chi connectivity index (χ4v) is 1.81. The largest absolute Gasteiger partial charge is 0.508 e. The Bertz CT molecular complexity index is 419. The van der Waals surface area contributed by atoms with Crippen molar-refractivity contribution in [3.8, 4) is 5.75 Å². The van der Waals surface area contributed by atoms with Crippen molar-refractivity contribution < 1.29 is 5.11 Å². The molecular weight excluding hydrogens is 266 g/mol. The molecule has 3 N–H and O–H groups in total. The van der Waals surface area contributed by atoms with E-state index in [4.69, 9.17) is 5.73 Å². The summed E-state index contributed by atoms with van der Waals surface area (Å²) in [6.45, 7) is 0. The van der Waals surface area contributed by atoms with E-state index in [0.29, 0.717) is 0 Å². The molecule has 3 heteroatoms. The van der Waals surface area contributed by atoms with Crippen molar-refractivity contribution >= 4 is 15.9 Å². The molecule has 16 heavy (non-hydrogen) atoms. The molecule has 0 heterocycles. The third-order valence-electron chi connectivity index (χ3n) is 2.48. The molecule has 0 aliphatic heterocycles. The lowest BCUT2D eigenvalue weighted by molar-refractivity contribution is 0.475. The van der Waals surface area contributed by atoms with Crippen molar-refractivity contribution in [2.24, 2.45) is 5.73 Å². The molecule has 0 bridgehead atoms. The van der Waals surface area contributed by atoms with Crippen LogP contribution in [0.15, 0.2) is 53.0 Å². The van der Waals surface area contributed by atoms with Crippen molar-refractivity contribution in [2.75, 3.05) is 0 Å². The number of hydrogen-bond acceptors (Lipinski definition) is 2. The van der Waals surface area contributed by atoms with Crippen molar-refractivity contribution in [1.82, 2.24) is 0 Å². The lowest BCUT2D eigenvalue weighted by atomic mass is 10.00. The highest BCUT2D eigenvalue weighted by Gasteiger charge is 2.08. The predicted molar refractivity (Wildman–Crippen MR) is 68.3 cm³/mol. The summed E-state index contributed by atoms with van der Waals surface area (Å²) in [6, 6.07) is 14.7. The van der Waals surface area contributed by atoms with Crippen LogP contribution < -0.4 is 5.73 Å². The summed E-state index contributed by atoms with van der Waals surface area (Å²) in [7, 11) is 0. The van der Waals surface area contributed by atoms with E-state index in [1.54, 1.807) is 12.1 Å². The quantitative estimate of drug-likeness (QED) is 0.886. The van der Waals surface area contributed by atoms with Crippen LogP contribution in [-0.4, -0.2) is 5.11 Å². The molecule has 0 aliphatic rings. The Hall–Kier alpha value is -1.32. The molecule has 2 nitrogen and oxygen atoms in total. The first kappa shape index (κ1) is 11.2. The summed E-state index contributed by atoms with van der Waals surface area (Å²) in [4.78, 5) is 0. The lowest BCUT2D eigenvalue weighted by Gasteiger charge is -2.12. The molecule has 0 spiro atoms. The third-order valence-corrected chi connectivity index (χ3v) is 3.01. The summed E-state index contributed by atoms with van der Waals surface area (Å²) < 4.78 is 1.04. The van der Waals surface area contributed by atoms with Gasteiger partial charge in [-0.25, -0.2) is 0 Å². The van der Waals surface area contributed by atoms with E-state index in [1.807, 2.05) is 36.4 Å². The van der Waals surface area contributed by atoms with Gasteiger partial charge in [0.15, 0.2) is 0 Å². The maximum Gasteiger partial charge on any atom is 0.115 e. The first-order valence-corrected chi connectivity index (χ1v) is 5.76. The van der Waals surface area contributed by atoms with Gasteiger partial charge in [0, 0.05) is 4.47 Å². The second-order valence-corrected chi connectivity index (χ2v) is 4.54. The SMILES string of the molecule is N[C@H](c1ccc(O)cc1)c1ccc(Br)cc1. The molecule has 0 unspecified atom stereocenters. The molecule has 1 atom stereocenters. The van der Waals surface area contributed by atoms with E-state index in [1.165, 1.54) is 0 Å². The van der Waals surface area contributed by atoms with Gasteiger partial charge in [0.1, 0.15) is 5.75 Å². The average molecular weight is 278 g/mol. The minimum absolute atomic E-state index is 0.159. The van der Waals surface area contributed by atoms with Crippen LogP contribution in [0.3, 0.4) is 0 Å². The van der Waals surface area contributed by atoms with Gasteiger partial charge in [-0.05, 0) is 35.4 Å². The molecule has 0 amide bonds. The normalized spacial score (nSPS) is 12.4. The first-order chi connectivity index (χ1) is 7.66. The smallest absolute Gasteiger partial charge is 0.115 e. The van der Waals surface area contributed by atoms with Crippen molar-refractivity contribution in [1.29, 1.82) is 0 Å². The number of nitrogens with two attached hydrogens (primary N) is 1. The van der Waals surface area contributed by atoms with Crippen LogP contribution in [0.4, 0.5) is 0 Å². The number of halogens is 1. The van der Waals surface area contributed by atoms with Crippen LogP contribution in [0.2, 0.25) is 0 Å². The zero-order chi connectivity index (χ0) is 11.5. The van der Waals surface area contributed by atoms with E-state index >= 15 is 0 Å². The molecule has 0 radical (unpaired) electrons. The second kappa shape index (κ2) is 4.68. The zero-order valence-corrected chi connectivity index (χ0v) is 10.2. The summed E-state index contributed by atoms with van der Waals surface area (Å²) in [6.07, 6.45) is 0. The number of phenols is 1. The molecule has 0 fully saturated rings.